The van der Waals surface area contributed by atoms with Crippen LogP contribution in [-0.4, -0.2) is 24.8 Å². The topological polar surface area (TPSA) is 75.7 Å². The van der Waals surface area contributed by atoms with E-state index in [1.54, 1.807) is 73.8 Å². The van der Waals surface area contributed by atoms with Gasteiger partial charge in [0.15, 0.2) is 0 Å². The molecule has 0 fully saturated rings. The van der Waals surface area contributed by atoms with Crippen LogP contribution >= 0.6 is 0 Å². The van der Waals surface area contributed by atoms with Crippen LogP contribution < -0.4 is 15.0 Å². The standard InChI is InChI=1S/C22H16N2O4/c1-28-16-12-10-14(11-13-16)20(25)23-18-9-5-8-17-19(18)22(27)24(21(17)26)15-6-3-2-4-7-15/h2-13H,1H3,(H,23,25). The molecule has 6 heteroatoms. The maximum atomic E-state index is 13.0. The number of rotatable bonds is 4. The second kappa shape index (κ2) is 7.00. The quantitative estimate of drug-likeness (QED) is 0.708. The second-order valence-electron chi connectivity index (χ2n) is 6.19. The number of ether oxygens (including phenoxy) is 1. The van der Waals surface area contributed by atoms with Gasteiger partial charge in [-0.2, -0.15) is 0 Å². The van der Waals surface area contributed by atoms with Crippen LogP contribution in [0.15, 0.2) is 72.8 Å². The summed E-state index contributed by atoms with van der Waals surface area (Å²) >= 11 is 0. The number of fused-ring (bicyclic) bond motifs is 1. The highest BCUT2D eigenvalue weighted by atomic mass is 16.5. The van der Waals surface area contributed by atoms with Gasteiger partial charge in [-0.3, -0.25) is 14.4 Å². The molecule has 6 nitrogen and oxygen atoms in total. The molecule has 0 saturated carbocycles. The Labute approximate surface area is 161 Å². The number of methoxy groups -OCH3 is 1. The van der Waals surface area contributed by atoms with Crippen molar-refractivity contribution in [2.45, 2.75) is 0 Å². The van der Waals surface area contributed by atoms with Crippen molar-refractivity contribution in [3.8, 4) is 5.75 Å². The summed E-state index contributed by atoms with van der Waals surface area (Å²) in [6.07, 6.45) is 0. The number of nitrogens with one attached hydrogen (secondary N) is 1. The third-order valence-corrected chi connectivity index (χ3v) is 4.53. The minimum Gasteiger partial charge on any atom is -0.497 e. The molecule has 0 atom stereocenters. The predicted molar refractivity (Wildman–Crippen MR) is 105 cm³/mol. The van der Waals surface area contributed by atoms with Crippen LogP contribution in [0.3, 0.4) is 0 Å². The first kappa shape index (κ1) is 17.5. The predicted octanol–water partition coefficient (Wildman–Crippen LogP) is 3.75. The molecule has 3 aromatic carbocycles. The molecule has 0 unspecified atom stereocenters. The van der Waals surface area contributed by atoms with Crippen LogP contribution in [0.4, 0.5) is 11.4 Å². The first-order valence-electron chi connectivity index (χ1n) is 8.62. The van der Waals surface area contributed by atoms with Crippen molar-refractivity contribution in [3.05, 3.63) is 89.5 Å². The third kappa shape index (κ3) is 2.91. The molecule has 0 spiro atoms. The number of nitrogens with zero attached hydrogens (tertiary/aromatic N) is 1. The van der Waals surface area contributed by atoms with Crippen molar-refractivity contribution >= 4 is 29.1 Å². The second-order valence-corrected chi connectivity index (χ2v) is 6.19. The highest BCUT2D eigenvalue weighted by Gasteiger charge is 2.38. The van der Waals surface area contributed by atoms with E-state index in [4.69, 9.17) is 4.74 Å². The fourth-order valence-electron chi connectivity index (χ4n) is 3.14. The van der Waals surface area contributed by atoms with Crippen LogP contribution in [0.5, 0.6) is 5.75 Å². The Morgan fingerprint density at radius 1 is 0.857 bits per heavy atom. The highest BCUT2D eigenvalue weighted by molar-refractivity contribution is 6.36. The highest BCUT2D eigenvalue weighted by Crippen LogP contribution is 2.33. The van der Waals surface area contributed by atoms with Crippen molar-refractivity contribution in [2.75, 3.05) is 17.3 Å². The number of imide groups is 1. The van der Waals surface area contributed by atoms with Crippen molar-refractivity contribution in [1.82, 2.24) is 0 Å². The fourth-order valence-corrected chi connectivity index (χ4v) is 3.14. The van der Waals surface area contributed by atoms with Crippen LogP contribution in [0.2, 0.25) is 0 Å². The van der Waals surface area contributed by atoms with Crippen LogP contribution in [0.1, 0.15) is 31.1 Å². The molecule has 3 aromatic rings. The number of carbonyl (C=O) groups is 3. The zero-order valence-electron chi connectivity index (χ0n) is 15.0. The van der Waals surface area contributed by atoms with E-state index in [2.05, 4.69) is 5.32 Å². The normalized spacial score (nSPS) is 12.7. The summed E-state index contributed by atoms with van der Waals surface area (Å²) in [4.78, 5) is 39.4. The van der Waals surface area contributed by atoms with E-state index in [0.29, 0.717) is 22.7 Å². The van der Waals surface area contributed by atoms with Gasteiger partial charge in [-0.05, 0) is 48.5 Å². The molecular formula is C22H16N2O4. The Balaban J connectivity index is 1.66. The number of hydrogen-bond acceptors (Lipinski definition) is 4. The van der Waals surface area contributed by atoms with E-state index in [0.717, 1.165) is 4.90 Å². The Hall–Kier alpha value is -3.93. The molecule has 4 rings (SSSR count). The van der Waals surface area contributed by atoms with Gasteiger partial charge in [-0.1, -0.05) is 24.3 Å². The number of carbonyl (C=O) groups excluding carboxylic acids is 3. The molecule has 0 bridgehead atoms. The summed E-state index contributed by atoms with van der Waals surface area (Å²) < 4.78 is 5.09. The summed E-state index contributed by atoms with van der Waals surface area (Å²) in [5.41, 5.74) is 1.66. The van der Waals surface area contributed by atoms with Crippen molar-refractivity contribution < 1.29 is 19.1 Å². The van der Waals surface area contributed by atoms with E-state index >= 15 is 0 Å². The molecule has 0 saturated heterocycles. The van der Waals surface area contributed by atoms with Crippen molar-refractivity contribution in [2.24, 2.45) is 0 Å². The molecule has 1 aliphatic heterocycles. The fraction of sp³-hybridized carbons (Fsp3) is 0.0455. The third-order valence-electron chi connectivity index (χ3n) is 4.53. The summed E-state index contributed by atoms with van der Waals surface area (Å²) in [7, 11) is 1.55. The average molecular weight is 372 g/mol. The monoisotopic (exact) mass is 372 g/mol. The number of benzene rings is 3. The number of anilines is 2. The zero-order chi connectivity index (χ0) is 19.7. The van der Waals surface area contributed by atoms with E-state index in [-0.39, 0.29) is 17.0 Å². The minimum atomic E-state index is -0.461. The van der Waals surface area contributed by atoms with Crippen LogP contribution in [-0.2, 0) is 0 Å². The van der Waals surface area contributed by atoms with Crippen LogP contribution in [0.25, 0.3) is 0 Å². The molecule has 0 aromatic heterocycles. The SMILES string of the molecule is COc1ccc(C(=O)Nc2cccc3c2C(=O)N(c2ccccc2)C3=O)cc1. The summed E-state index contributed by atoms with van der Waals surface area (Å²) in [5, 5.41) is 2.74. The first-order chi connectivity index (χ1) is 13.6. The summed E-state index contributed by atoms with van der Waals surface area (Å²) in [6.45, 7) is 0. The molecule has 0 aliphatic carbocycles. The van der Waals surface area contributed by atoms with Gasteiger partial charge in [0, 0.05) is 5.56 Å². The molecule has 3 amide bonds. The van der Waals surface area contributed by atoms with Crippen molar-refractivity contribution in [1.29, 1.82) is 0 Å². The minimum absolute atomic E-state index is 0.193. The Morgan fingerprint density at radius 2 is 1.57 bits per heavy atom. The van der Waals surface area contributed by atoms with Gasteiger partial charge in [0.2, 0.25) is 0 Å². The number of hydrogen-bond donors (Lipinski definition) is 1. The van der Waals surface area contributed by atoms with Gasteiger partial charge in [-0.15, -0.1) is 0 Å². The van der Waals surface area contributed by atoms with E-state index in [1.807, 2.05) is 6.07 Å². The average Bonchev–Trinajstić information content (AvgIpc) is 3.00. The van der Waals surface area contributed by atoms with E-state index < -0.39 is 11.8 Å². The number of para-hydroxylation sites is 1. The zero-order valence-corrected chi connectivity index (χ0v) is 15.0. The Bertz CT molecular complexity index is 1080. The molecule has 1 aliphatic rings. The Morgan fingerprint density at radius 3 is 2.25 bits per heavy atom. The maximum Gasteiger partial charge on any atom is 0.268 e. The maximum absolute atomic E-state index is 13.0. The smallest absolute Gasteiger partial charge is 0.268 e. The molecule has 1 N–H and O–H groups in total. The van der Waals surface area contributed by atoms with Gasteiger partial charge in [0.1, 0.15) is 5.75 Å². The van der Waals surface area contributed by atoms with Gasteiger partial charge in [0.25, 0.3) is 17.7 Å². The van der Waals surface area contributed by atoms with Crippen molar-refractivity contribution in [3.63, 3.8) is 0 Å². The Kier molecular flexibility index (Phi) is 4.37. The molecular weight excluding hydrogens is 356 g/mol. The van der Waals surface area contributed by atoms with Crippen LogP contribution in [0, 0.1) is 0 Å². The van der Waals surface area contributed by atoms with Gasteiger partial charge in [0.05, 0.1) is 29.6 Å². The lowest BCUT2D eigenvalue weighted by molar-refractivity contribution is 0.0926. The lowest BCUT2D eigenvalue weighted by atomic mass is 10.1. The summed E-state index contributed by atoms with van der Waals surface area (Å²) in [5.74, 6) is -0.616. The molecule has 1 heterocycles. The van der Waals surface area contributed by atoms with E-state index in [9.17, 15) is 14.4 Å². The van der Waals surface area contributed by atoms with Gasteiger partial charge >= 0.3 is 0 Å². The first-order valence-corrected chi connectivity index (χ1v) is 8.62. The lowest BCUT2D eigenvalue weighted by Gasteiger charge is -2.13. The van der Waals surface area contributed by atoms with Gasteiger partial charge in [-0.25, -0.2) is 4.90 Å². The lowest BCUT2D eigenvalue weighted by Crippen LogP contribution is -2.29. The van der Waals surface area contributed by atoms with E-state index in [1.165, 1.54) is 0 Å². The number of amides is 3. The molecule has 0 radical (unpaired) electrons. The molecule has 28 heavy (non-hydrogen) atoms. The summed E-state index contributed by atoms with van der Waals surface area (Å²) in [6, 6.07) is 20.1. The largest absolute Gasteiger partial charge is 0.497 e. The van der Waals surface area contributed by atoms with Gasteiger partial charge < -0.3 is 10.1 Å². The molecule has 138 valence electrons.